The first-order chi connectivity index (χ1) is 12.5. The molecule has 0 aliphatic heterocycles. The quantitative estimate of drug-likeness (QED) is 0.525. The van der Waals surface area contributed by atoms with Gasteiger partial charge in [-0.2, -0.15) is 0 Å². The number of amides is 3. The molecule has 7 nitrogen and oxygen atoms in total. The van der Waals surface area contributed by atoms with E-state index in [0.717, 1.165) is 31.2 Å². The standard InChI is InChI=1S/C19H29N3O4/c1-3-4-5-9-12-20-18(24)15(2)22-17(23)13-21-19(25)26-14-16-10-7-6-8-11-16/h6-8,10-11,15H,3-5,9,12-14H2,1-2H3,(H,20,24)(H,21,25)(H,22,23)/t15-/m0/s1. The van der Waals surface area contributed by atoms with Crippen molar-refractivity contribution in [3.8, 4) is 0 Å². The van der Waals surface area contributed by atoms with Crippen molar-refractivity contribution >= 4 is 17.9 Å². The molecule has 1 aromatic rings. The number of unbranched alkanes of at least 4 members (excludes halogenated alkanes) is 3. The molecule has 7 heteroatoms. The van der Waals surface area contributed by atoms with E-state index in [4.69, 9.17) is 4.74 Å². The summed E-state index contributed by atoms with van der Waals surface area (Å²) in [5.41, 5.74) is 0.858. The maximum absolute atomic E-state index is 11.9. The number of alkyl carbamates (subject to hydrolysis) is 1. The third kappa shape index (κ3) is 9.66. The van der Waals surface area contributed by atoms with E-state index in [1.165, 1.54) is 0 Å². The third-order valence-electron chi connectivity index (χ3n) is 3.71. The normalized spacial score (nSPS) is 11.3. The van der Waals surface area contributed by atoms with Crippen LogP contribution in [0.2, 0.25) is 0 Å². The van der Waals surface area contributed by atoms with Crippen molar-refractivity contribution in [2.45, 2.75) is 52.2 Å². The maximum atomic E-state index is 11.9. The van der Waals surface area contributed by atoms with Crippen LogP contribution in [0.4, 0.5) is 4.79 Å². The molecule has 1 atom stereocenters. The van der Waals surface area contributed by atoms with Crippen LogP contribution in [-0.4, -0.2) is 37.0 Å². The molecule has 0 radical (unpaired) electrons. The van der Waals surface area contributed by atoms with Gasteiger partial charge in [0, 0.05) is 6.54 Å². The molecule has 0 spiro atoms. The lowest BCUT2D eigenvalue weighted by atomic mass is 10.2. The number of ether oxygens (including phenoxy) is 1. The molecule has 26 heavy (non-hydrogen) atoms. The van der Waals surface area contributed by atoms with Crippen molar-refractivity contribution in [1.82, 2.24) is 16.0 Å². The Morgan fingerprint density at radius 2 is 1.77 bits per heavy atom. The van der Waals surface area contributed by atoms with Crippen LogP contribution in [0.3, 0.4) is 0 Å². The molecule has 0 aliphatic carbocycles. The van der Waals surface area contributed by atoms with E-state index < -0.39 is 18.0 Å². The molecule has 0 fully saturated rings. The van der Waals surface area contributed by atoms with Crippen LogP contribution >= 0.6 is 0 Å². The second-order valence-electron chi connectivity index (χ2n) is 6.06. The van der Waals surface area contributed by atoms with Crippen molar-refractivity contribution < 1.29 is 19.1 Å². The minimum Gasteiger partial charge on any atom is -0.445 e. The second kappa shape index (κ2) is 12.7. The summed E-state index contributed by atoms with van der Waals surface area (Å²) in [6.07, 6.45) is 3.61. The van der Waals surface area contributed by atoms with E-state index in [1.807, 2.05) is 30.3 Å². The van der Waals surface area contributed by atoms with Crippen LogP contribution in [-0.2, 0) is 20.9 Å². The molecule has 0 saturated carbocycles. The van der Waals surface area contributed by atoms with Crippen molar-refractivity contribution in [1.29, 1.82) is 0 Å². The van der Waals surface area contributed by atoms with Gasteiger partial charge in [0.05, 0.1) is 0 Å². The zero-order valence-corrected chi connectivity index (χ0v) is 15.5. The van der Waals surface area contributed by atoms with Gasteiger partial charge in [-0.15, -0.1) is 0 Å². The van der Waals surface area contributed by atoms with Crippen LogP contribution in [0, 0.1) is 0 Å². The van der Waals surface area contributed by atoms with Crippen LogP contribution < -0.4 is 16.0 Å². The molecule has 1 rings (SSSR count). The zero-order valence-electron chi connectivity index (χ0n) is 15.5. The molecule has 0 aromatic heterocycles. The number of hydrogen-bond acceptors (Lipinski definition) is 4. The summed E-state index contributed by atoms with van der Waals surface area (Å²) in [4.78, 5) is 35.2. The lowest BCUT2D eigenvalue weighted by Gasteiger charge is -2.14. The molecule has 3 amide bonds. The average Bonchev–Trinajstić information content (AvgIpc) is 2.65. The topological polar surface area (TPSA) is 96.5 Å². The molecule has 0 aliphatic rings. The van der Waals surface area contributed by atoms with Crippen molar-refractivity contribution in [3.63, 3.8) is 0 Å². The molecule has 0 heterocycles. The van der Waals surface area contributed by atoms with Gasteiger partial charge in [-0.3, -0.25) is 9.59 Å². The van der Waals surface area contributed by atoms with E-state index in [2.05, 4.69) is 22.9 Å². The summed E-state index contributed by atoms with van der Waals surface area (Å²) in [7, 11) is 0. The molecule has 144 valence electrons. The molecule has 3 N–H and O–H groups in total. The Bertz CT molecular complexity index is 563. The first-order valence-corrected chi connectivity index (χ1v) is 9.04. The molecular weight excluding hydrogens is 334 g/mol. The van der Waals surface area contributed by atoms with Gasteiger partial charge in [-0.05, 0) is 18.9 Å². The highest BCUT2D eigenvalue weighted by Gasteiger charge is 2.15. The van der Waals surface area contributed by atoms with Crippen LogP contribution in [0.5, 0.6) is 0 Å². The SMILES string of the molecule is CCCCCCNC(=O)[C@H](C)NC(=O)CNC(=O)OCc1ccccc1. The van der Waals surface area contributed by atoms with Gasteiger partial charge >= 0.3 is 6.09 Å². The fourth-order valence-electron chi connectivity index (χ4n) is 2.20. The molecular formula is C19H29N3O4. The van der Waals surface area contributed by atoms with Gasteiger partial charge in [-0.25, -0.2) is 4.79 Å². The first-order valence-electron chi connectivity index (χ1n) is 9.04. The molecule has 0 bridgehead atoms. The average molecular weight is 363 g/mol. The maximum Gasteiger partial charge on any atom is 0.407 e. The number of nitrogens with one attached hydrogen (secondary N) is 3. The van der Waals surface area contributed by atoms with Gasteiger partial charge in [0.15, 0.2) is 0 Å². The minimum absolute atomic E-state index is 0.130. The fraction of sp³-hybridized carbons (Fsp3) is 0.526. The van der Waals surface area contributed by atoms with E-state index in [0.29, 0.717) is 6.54 Å². The van der Waals surface area contributed by atoms with Crippen LogP contribution in [0.25, 0.3) is 0 Å². The largest absolute Gasteiger partial charge is 0.445 e. The highest BCUT2D eigenvalue weighted by atomic mass is 16.5. The fourth-order valence-corrected chi connectivity index (χ4v) is 2.20. The van der Waals surface area contributed by atoms with E-state index in [1.54, 1.807) is 6.92 Å². The van der Waals surface area contributed by atoms with Gasteiger partial charge in [-0.1, -0.05) is 56.5 Å². The number of carbonyl (C=O) groups excluding carboxylic acids is 3. The minimum atomic E-state index is -0.683. The summed E-state index contributed by atoms with van der Waals surface area (Å²) in [5.74, 6) is -0.684. The van der Waals surface area contributed by atoms with Crippen LogP contribution in [0.1, 0.15) is 45.1 Å². The van der Waals surface area contributed by atoms with E-state index >= 15 is 0 Å². The first kappa shape index (κ1) is 21.5. The summed E-state index contributed by atoms with van der Waals surface area (Å²) < 4.78 is 5.01. The Kier molecular flexibility index (Phi) is 10.5. The molecule has 0 unspecified atom stereocenters. The van der Waals surface area contributed by atoms with E-state index in [-0.39, 0.29) is 19.1 Å². The van der Waals surface area contributed by atoms with Crippen LogP contribution in [0.15, 0.2) is 30.3 Å². The summed E-state index contributed by atoms with van der Waals surface area (Å²) in [6.45, 7) is 4.21. The van der Waals surface area contributed by atoms with Gasteiger partial charge in [0.25, 0.3) is 0 Å². The van der Waals surface area contributed by atoms with Gasteiger partial charge < -0.3 is 20.7 Å². The lowest BCUT2D eigenvalue weighted by Crippen LogP contribution is -2.48. The zero-order chi connectivity index (χ0) is 19.2. The Labute approximate surface area is 154 Å². The summed E-state index contributed by atoms with van der Waals surface area (Å²) >= 11 is 0. The second-order valence-corrected chi connectivity index (χ2v) is 6.06. The van der Waals surface area contributed by atoms with Gasteiger partial charge in [0.1, 0.15) is 19.2 Å². The Morgan fingerprint density at radius 1 is 1.04 bits per heavy atom. The summed E-state index contributed by atoms with van der Waals surface area (Å²) in [5, 5.41) is 7.68. The highest BCUT2D eigenvalue weighted by molar-refractivity contribution is 5.89. The molecule has 0 saturated heterocycles. The van der Waals surface area contributed by atoms with Gasteiger partial charge in [0.2, 0.25) is 11.8 Å². The third-order valence-corrected chi connectivity index (χ3v) is 3.71. The highest BCUT2D eigenvalue weighted by Crippen LogP contribution is 2.00. The Hall–Kier alpha value is -2.57. The number of hydrogen-bond donors (Lipinski definition) is 3. The summed E-state index contributed by atoms with van der Waals surface area (Å²) in [6, 6.07) is 8.58. The Balaban J connectivity index is 2.15. The Morgan fingerprint density at radius 3 is 2.46 bits per heavy atom. The van der Waals surface area contributed by atoms with Crippen molar-refractivity contribution in [2.24, 2.45) is 0 Å². The van der Waals surface area contributed by atoms with Crippen molar-refractivity contribution in [2.75, 3.05) is 13.1 Å². The lowest BCUT2D eigenvalue weighted by molar-refractivity contribution is -0.128. The van der Waals surface area contributed by atoms with Crippen molar-refractivity contribution in [3.05, 3.63) is 35.9 Å². The predicted molar refractivity (Wildman–Crippen MR) is 99.4 cm³/mol. The van der Waals surface area contributed by atoms with E-state index in [9.17, 15) is 14.4 Å². The smallest absolute Gasteiger partial charge is 0.407 e. The number of benzene rings is 1. The number of rotatable bonds is 11. The molecule has 1 aromatic carbocycles. The predicted octanol–water partition coefficient (Wildman–Crippen LogP) is 2.11. The monoisotopic (exact) mass is 363 g/mol. The number of carbonyl (C=O) groups is 3.